The molecule has 0 aromatic carbocycles. The molecule has 2 amide bonds. The molecule has 0 atom stereocenters. The van der Waals surface area contributed by atoms with Crippen LogP contribution >= 0.6 is 22.7 Å². The lowest BCUT2D eigenvalue weighted by molar-refractivity contribution is 0.201. The van der Waals surface area contributed by atoms with Crippen molar-refractivity contribution in [3.05, 3.63) is 33.5 Å². The summed E-state index contributed by atoms with van der Waals surface area (Å²) in [4.78, 5) is 20.9. The zero-order chi connectivity index (χ0) is 15.4. The lowest BCUT2D eigenvalue weighted by Crippen LogP contribution is -2.41. The molecule has 1 aliphatic rings. The van der Waals surface area contributed by atoms with Gasteiger partial charge >= 0.3 is 6.03 Å². The second-order valence-corrected chi connectivity index (χ2v) is 7.00. The summed E-state index contributed by atoms with van der Waals surface area (Å²) < 4.78 is 0. The highest BCUT2D eigenvalue weighted by atomic mass is 32.1. The van der Waals surface area contributed by atoms with E-state index in [4.69, 9.17) is 0 Å². The molecule has 3 rings (SSSR count). The zero-order valence-electron chi connectivity index (χ0n) is 12.6. The normalized spacial score (nSPS) is 15.7. The van der Waals surface area contributed by atoms with E-state index in [0.29, 0.717) is 6.54 Å². The highest BCUT2D eigenvalue weighted by Crippen LogP contribution is 2.19. The highest BCUT2D eigenvalue weighted by Gasteiger charge is 2.20. The van der Waals surface area contributed by atoms with Gasteiger partial charge in [-0.1, -0.05) is 0 Å². The Labute approximate surface area is 138 Å². The van der Waals surface area contributed by atoms with Crippen LogP contribution in [-0.4, -0.2) is 42.1 Å². The monoisotopic (exact) mass is 336 g/mol. The smallest absolute Gasteiger partial charge is 0.317 e. The number of nitrogens with zero attached hydrogens (tertiary/aromatic N) is 3. The number of aromatic nitrogens is 1. The van der Waals surface area contributed by atoms with E-state index in [1.54, 1.807) is 22.7 Å². The number of hydrogen-bond donors (Lipinski definition) is 1. The number of urea groups is 1. The maximum Gasteiger partial charge on any atom is 0.317 e. The van der Waals surface area contributed by atoms with Crippen LogP contribution in [-0.2, 0) is 6.54 Å². The Balaban J connectivity index is 1.52. The molecule has 0 bridgehead atoms. The SMILES string of the molecule is Cc1cscc1CNC(=O)N1CCCN(c2nccs2)CC1. The van der Waals surface area contributed by atoms with Gasteiger partial charge < -0.3 is 15.1 Å². The number of thiophene rings is 1. The summed E-state index contributed by atoms with van der Waals surface area (Å²) >= 11 is 3.33. The summed E-state index contributed by atoms with van der Waals surface area (Å²) in [6, 6.07) is 0.0339. The molecule has 2 aromatic heterocycles. The van der Waals surface area contributed by atoms with Crippen molar-refractivity contribution in [1.29, 1.82) is 0 Å². The fourth-order valence-electron chi connectivity index (χ4n) is 2.53. The van der Waals surface area contributed by atoms with Crippen molar-refractivity contribution in [3.63, 3.8) is 0 Å². The number of anilines is 1. The standard InChI is InChI=1S/C15H20N4OS2/c1-12-10-21-11-13(12)9-17-14(20)18-4-2-5-19(7-6-18)15-16-3-8-22-15/h3,8,10-11H,2,4-7,9H2,1H3,(H,17,20). The van der Waals surface area contributed by atoms with Crippen LogP contribution < -0.4 is 10.2 Å². The molecule has 0 aliphatic carbocycles. The average Bonchev–Trinajstić information content (AvgIpc) is 3.12. The summed E-state index contributed by atoms with van der Waals surface area (Å²) in [6.45, 7) is 6.04. The molecular formula is C15H20N4OS2. The van der Waals surface area contributed by atoms with Gasteiger partial charge in [-0.25, -0.2) is 9.78 Å². The van der Waals surface area contributed by atoms with Crippen LogP contribution in [0.2, 0.25) is 0 Å². The van der Waals surface area contributed by atoms with Gasteiger partial charge in [-0.2, -0.15) is 11.3 Å². The first-order valence-corrected chi connectivity index (χ1v) is 9.25. The van der Waals surface area contributed by atoms with Gasteiger partial charge in [-0.3, -0.25) is 0 Å². The molecule has 22 heavy (non-hydrogen) atoms. The van der Waals surface area contributed by atoms with Crippen molar-refractivity contribution in [2.75, 3.05) is 31.1 Å². The quantitative estimate of drug-likeness (QED) is 0.937. The third-order valence-electron chi connectivity index (χ3n) is 3.86. The van der Waals surface area contributed by atoms with Crippen LogP contribution in [0.3, 0.4) is 0 Å². The van der Waals surface area contributed by atoms with Gasteiger partial charge in [0.15, 0.2) is 5.13 Å². The predicted octanol–water partition coefficient (Wildman–Crippen LogP) is 2.93. The van der Waals surface area contributed by atoms with Crippen molar-refractivity contribution < 1.29 is 4.79 Å². The first kappa shape index (κ1) is 15.3. The van der Waals surface area contributed by atoms with Crippen molar-refractivity contribution in [2.24, 2.45) is 0 Å². The maximum atomic E-state index is 12.3. The van der Waals surface area contributed by atoms with Gasteiger partial charge in [-0.05, 0) is 35.2 Å². The van der Waals surface area contributed by atoms with Gasteiger partial charge in [0.25, 0.3) is 0 Å². The van der Waals surface area contributed by atoms with Gasteiger partial charge in [0.2, 0.25) is 0 Å². The zero-order valence-corrected chi connectivity index (χ0v) is 14.3. The second kappa shape index (κ2) is 7.11. The maximum absolute atomic E-state index is 12.3. The van der Waals surface area contributed by atoms with Gasteiger partial charge in [-0.15, -0.1) is 11.3 Å². The number of amides is 2. The van der Waals surface area contributed by atoms with Crippen molar-refractivity contribution in [1.82, 2.24) is 15.2 Å². The van der Waals surface area contributed by atoms with Crippen LogP contribution in [0.15, 0.2) is 22.3 Å². The van der Waals surface area contributed by atoms with Crippen LogP contribution in [0.4, 0.5) is 9.93 Å². The number of carbonyl (C=O) groups is 1. The minimum atomic E-state index is 0.0339. The Morgan fingerprint density at radius 1 is 1.32 bits per heavy atom. The summed E-state index contributed by atoms with van der Waals surface area (Å²) in [5.74, 6) is 0. The largest absolute Gasteiger partial charge is 0.346 e. The molecule has 1 aliphatic heterocycles. The van der Waals surface area contributed by atoms with Crippen molar-refractivity contribution in [2.45, 2.75) is 19.9 Å². The van der Waals surface area contributed by atoms with E-state index in [9.17, 15) is 4.79 Å². The third kappa shape index (κ3) is 3.59. The van der Waals surface area contributed by atoms with E-state index >= 15 is 0 Å². The van der Waals surface area contributed by atoms with Crippen LogP contribution in [0, 0.1) is 6.92 Å². The Kier molecular flexibility index (Phi) is 4.94. The van der Waals surface area contributed by atoms with E-state index in [-0.39, 0.29) is 6.03 Å². The molecule has 1 saturated heterocycles. The summed E-state index contributed by atoms with van der Waals surface area (Å²) in [6.07, 6.45) is 2.81. The molecule has 1 N–H and O–H groups in total. The second-order valence-electron chi connectivity index (χ2n) is 5.38. The van der Waals surface area contributed by atoms with Crippen molar-refractivity contribution >= 4 is 33.8 Å². The lowest BCUT2D eigenvalue weighted by atomic mass is 10.2. The van der Waals surface area contributed by atoms with E-state index in [1.807, 2.05) is 16.5 Å². The molecule has 118 valence electrons. The topological polar surface area (TPSA) is 48.5 Å². The molecule has 2 aromatic rings. The third-order valence-corrected chi connectivity index (χ3v) is 5.61. The first-order chi connectivity index (χ1) is 10.7. The Morgan fingerprint density at radius 3 is 2.95 bits per heavy atom. The first-order valence-electron chi connectivity index (χ1n) is 7.43. The minimum Gasteiger partial charge on any atom is -0.346 e. The molecule has 0 saturated carbocycles. The number of carbonyl (C=O) groups excluding carboxylic acids is 1. The molecule has 5 nitrogen and oxygen atoms in total. The minimum absolute atomic E-state index is 0.0339. The van der Waals surface area contributed by atoms with Crippen LogP contribution in [0.5, 0.6) is 0 Å². The number of hydrogen-bond acceptors (Lipinski definition) is 5. The Morgan fingerprint density at radius 2 is 2.23 bits per heavy atom. The predicted molar refractivity (Wildman–Crippen MR) is 91.8 cm³/mol. The summed E-state index contributed by atoms with van der Waals surface area (Å²) in [5.41, 5.74) is 2.45. The Hall–Kier alpha value is -1.60. The van der Waals surface area contributed by atoms with Gasteiger partial charge in [0, 0.05) is 44.3 Å². The van der Waals surface area contributed by atoms with E-state index in [0.717, 1.165) is 37.7 Å². The molecule has 3 heterocycles. The molecule has 0 unspecified atom stereocenters. The van der Waals surface area contributed by atoms with Crippen molar-refractivity contribution in [3.8, 4) is 0 Å². The van der Waals surface area contributed by atoms with E-state index in [1.165, 1.54) is 11.1 Å². The molecule has 7 heteroatoms. The fourth-order valence-corrected chi connectivity index (χ4v) is 4.09. The van der Waals surface area contributed by atoms with Crippen LogP contribution in [0.1, 0.15) is 17.5 Å². The molecule has 1 fully saturated rings. The van der Waals surface area contributed by atoms with Crippen LogP contribution in [0.25, 0.3) is 0 Å². The fraction of sp³-hybridized carbons (Fsp3) is 0.467. The average molecular weight is 336 g/mol. The number of thiazole rings is 1. The van der Waals surface area contributed by atoms with E-state index < -0.39 is 0 Å². The highest BCUT2D eigenvalue weighted by molar-refractivity contribution is 7.13. The number of nitrogens with one attached hydrogen (secondary N) is 1. The lowest BCUT2D eigenvalue weighted by Gasteiger charge is -2.22. The number of aryl methyl sites for hydroxylation is 1. The molecule has 0 radical (unpaired) electrons. The van der Waals surface area contributed by atoms with E-state index in [2.05, 4.69) is 32.9 Å². The van der Waals surface area contributed by atoms with Gasteiger partial charge in [0.05, 0.1) is 0 Å². The molecular weight excluding hydrogens is 316 g/mol. The number of rotatable bonds is 3. The molecule has 0 spiro atoms. The van der Waals surface area contributed by atoms with Gasteiger partial charge in [0.1, 0.15) is 0 Å². The summed E-state index contributed by atoms with van der Waals surface area (Å²) in [7, 11) is 0. The Bertz CT molecular complexity index is 611. The summed E-state index contributed by atoms with van der Waals surface area (Å²) in [5, 5.41) is 10.3.